The Morgan fingerprint density at radius 1 is 1.33 bits per heavy atom. The van der Waals surface area contributed by atoms with Crippen LogP contribution in [0.25, 0.3) is 0 Å². The van der Waals surface area contributed by atoms with Crippen LogP contribution in [0.5, 0.6) is 0 Å². The summed E-state index contributed by atoms with van der Waals surface area (Å²) in [6.45, 7) is 5.80. The van der Waals surface area contributed by atoms with E-state index in [1.807, 2.05) is 0 Å². The summed E-state index contributed by atoms with van der Waals surface area (Å²) < 4.78 is 12.4. The monoisotopic (exact) mass is 172 g/mol. The minimum atomic E-state index is -0.0435. The third-order valence-electron chi connectivity index (χ3n) is 2.03. The fourth-order valence-electron chi connectivity index (χ4n) is 1.37. The van der Waals surface area contributed by atoms with Crippen molar-refractivity contribution in [3.63, 3.8) is 0 Å². The summed E-state index contributed by atoms with van der Waals surface area (Å²) in [6, 6.07) is 0. The number of halogens is 1. The number of allylic oxidation sites excluding steroid dienone is 2. The van der Waals surface area contributed by atoms with Crippen LogP contribution in [-0.4, -0.2) is 0 Å². The van der Waals surface area contributed by atoms with Gasteiger partial charge in [0.15, 0.2) is 0 Å². The normalized spacial score (nSPS) is 14.8. The van der Waals surface area contributed by atoms with Gasteiger partial charge in [-0.25, -0.2) is 4.39 Å². The van der Waals surface area contributed by atoms with Crippen LogP contribution < -0.4 is 0 Å². The zero-order valence-electron chi connectivity index (χ0n) is 8.57. The predicted molar refractivity (Wildman–Crippen MR) is 52.8 cm³/mol. The molecular weight excluding hydrogens is 151 g/mol. The van der Waals surface area contributed by atoms with Crippen LogP contribution >= 0.6 is 0 Å². The van der Waals surface area contributed by atoms with Crippen LogP contribution in [0.2, 0.25) is 0 Å². The zero-order valence-corrected chi connectivity index (χ0v) is 8.57. The van der Waals surface area contributed by atoms with E-state index in [4.69, 9.17) is 0 Å². The first-order valence-electron chi connectivity index (χ1n) is 5.00. The lowest BCUT2D eigenvalue weighted by atomic mass is 10.0. The highest BCUT2D eigenvalue weighted by atomic mass is 19.1. The van der Waals surface area contributed by atoms with E-state index in [-0.39, 0.29) is 5.83 Å². The van der Waals surface area contributed by atoms with E-state index in [0.29, 0.717) is 5.92 Å². The Balaban J connectivity index is 3.32. The maximum Gasteiger partial charge on any atom is 0.0931 e. The van der Waals surface area contributed by atoms with Gasteiger partial charge >= 0.3 is 0 Å². The second-order valence-electron chi connectivity index (χ2n) is 3.58. The molecule has 0 aliphatic heterocycles. The van der Waals surface area contributed by atoms with Gasteiger partial charge in [-0.15, -0.1) is 0 Å². The smallest absolute Gasteiger partial charge is 0.0931 e. The molecular formula is C11H21F. The highest BCUT2D eigenvalue weighted by Crippen LogP contribution is 2.13. The lowest BCUT2D eigenvalue weighted by molar-refractivity contribution is 0.542. The summed E-state index contributed by atoms with van der Waals surface area (Å²) in [6.07, 6.45) is 7.95. The van der Waals surface area contributed by atoms with Crippen molar-refractivity contribution in [1.82, 2.24) is 0 Å². The van der Waals surface area contributed by atoms with E-state index in [2.05, 4.69) is 13.8 Å². The van der Waals surface area contributed by atoms with E-state index >= 15 is 0 Å². The molecule has 0 saturated carbocycles. The number of rotatable bonds is 6. The van der Waals surface area contributed by atoms with E-state index in [1.54, 1.807) is 6.08 Å². The van der Waals surface area contributed by atoms with Crippen molar-refractivity contribution in [1.29, 1.82) is 0 Å². The van der Waals surface area contributed by atoms with Gasteiger partial charge in [0.2, 0.25) is 0 Å². The first-order valence-corrected chi connectivity index (χ1v) is 5.00. The molecule has 0 bridgehead atoms. The van der Waals surface area contributed by atoms with Gasteiger partial charge in [0.1, 0.15) is 0 Å². The van der Waals surface area contributed by atoms with E-state index in [9.17, 15) is 4.39 Å². The van der Waals surface area contributed by atoms with Crippen molar-refractivity contribution < 1.29 is 4.39 Å². The molecule has 0 aliphatic rings. The average Bonchev–Trinajstić information content (AvgIpc) is 1.97. The molecule has 0 radical (unpaired) electrons. The molecule has 0 nitrogen and oxygen atoms in total. The van der Waals surface area contributed by atoms with Crippen molar-refractivity contribution in [3.05, 3.63) is 11.9 Å². The van der Waals surface area contributed by atoms with Gasteiger partial charge in [-0.2, -0.15) is 0 Å². The number of hydrogen-bond acceptors (Lipinski definition) is 0. The van der Waals surface area contributed by atoms with Gasteiger partial charge < -0.3 is 0 Å². The van der Waals surface area contributed by atoms with E-state index in [1.165, 1.54) is 32.6 Å². The summed E-state index contributed by atoms with van der Waals surface area (Å²) >= 11 is 0. The van der Waals surface area contributed by atoms with E-state index < -0.39 is 0 Å². The minimum absolute atomic E-state index is 0.0435. The Labute approximate surface area is 75.9 Å². The topological polar surface area (TPSA) is 0 Å². The minimum Gasteiger partial charge on any atom is -0.212 e. The van der Waals surface area contributed by atoms with Gasteiger partial charge in [-0.1, -0.05) is 45.6 Å². The van der Waals surface area contributed by atoms with Crippen LogP contribution in [0.15, 0.2) is 11.9 Å². The Morgan fingerprint density at radius 3 is 2.50 bits per heavy atom. The first-order chi connectivity index (χ1) is 5.66. The van der Waals surface area contributed by atoms with Crippen LogP contribution in [0.1, 0.15) is 52.9 Å². The van der Waals surface area contributed by atoms with Crippen molar-refractivity contribution >= 4 is 0 Å². The second kappa shape index (κ2) is 7.33. The van der Waals surface area contributed by atoms with Crippen LogP contribution in [0.4, 0.5) is 4.39 Å². The largest absolute Gasteiger partial charge is 0.212 e. The third kappa shape index (κ3) is 7.77. The predicted octanol–water partition coefficient (Wildman–Crippen LogP) is 4.47. The van der Waals surface area contributed by atoms with Crippen LogP contribution in [-0.2, 0) is 0 Å². The Morgan fingerprint density at radius 2 is 2.00 bits per heavy atom. The molecule has 0 rings (SSSR count). The summed E-state index contributed by atoms with van der Waals surface area (Å²) in [5.41, 5.74) is 0. The van der Waals surface area contributed by atoms with Crippen LogP contribution in [0, 0.1) is 5.92 Å². The Kier molecular flexibility index (Phi) is 7.12. The number of unbranched alkanes of at least 4 members (excludes halogenated alkanes) is 3. The number of hydrogen-bond donors (Lipinski definition) is 0. The molecule has 0 spiro atoms. The molecule has 1 atom stereocenters. The van der Waals surface area contributed by atoms with Gasteiger partial charge in [-0.3, -0.25) is 0 Å². The lowest BCUT2D eigenvalue weighted by Gasteiger charge is -2.04. The summed E-state index contributed by atoms with van der Waals surface area (Å²) in [4.78, 5) is 0. The molecule has 0 heterocycles. The fourth-order valence-corrected chi connectivity index (χ4v) is 1.37. The van der Waals surface area contributed by atoms with Crippen LogP contribution in [0.3, 0.4) is 0 Å². The maximum absolute atomic E-state index is 12.4. The van der Waals surface area contributed by atoms with Crippen molar-refractivity contribution in [2.24, 2.45) is 5.92 Å². The quantitative estimate of drug-likeness (QED) is 0.519. The molecule has 0 amide bonds. The van der Waals surface area contributed by atoms with Gasteiger partial charge in [-0.05, 0) is 19.3 Å². The van der Waals surface area contributed by atoms with E-state index in [0.717, 1.165) is 6.42 Å². The SMILES string of the molecule is CCCCCCC(C)/C=C(\C)F. The summed E-state index contributed by atoms with van der Waals surface area (Å²) in [5, 5.41) is 0. The second-order valence-corrected chi connectivity index (χ2v) is 3.58. The molecule has 0 aromatic carbocycles. The molecule has 0 N–H and O–H groups in total. The Bertz CT molecular complexity index is 123. The fraction of sp³-hybridized carbons (Fsp3) is 0.818. The third-order valence-corrected chi connectivity index (χ3v) is 2.03. The molecule has 0 saturated heterocycles. The highest BCUT2D eigenvalue weighted by Gasteiger charge is 1.98. The molecule has 72 valence electrons. The summed E-state index contributed by atoms with van der Waals surface area (Å²) in [7, 11) is 0. The van der Waals surface area contributed by atoms with Crippen molar-refractivity contribution in [2.75, 3.05) is 0 Å². The molecule has 0 fully saturated rings. The standard InChI is InChI=1S/C11H21F/c1-4-5-6-7-8-10(2)9-11(3)12/h9-10H,4-8H2,1-3H3/b11-9+. The molecule has 12 heavy (non-hydrogen) atoms. The first kappa shape index (κ1) is 11.7. The Hall–Kier alpha value is -0.330. The molecule has 1 heteroatoms. The molecule has 0 aromatic rings. The molecule has 0 aliphatic carbocycles. The maximum atomic E-state index is 12.4. The van der Waals surface area contributed by atoms with Gasteiger partial charge in [0.25, 0.3) is 0 Å². The van der Waals surface area contributed by atoms with Gasteiger partial charge in [0.05, 0.1) is 5.83 Å². The summed E-state index contributed by atoms with van der Waals surface area (Å²) in [5.74, 6) is 0.366. The van der Waals surface area contributed by atoms with Crippen molar-refractivity contribution in [2.45, 2.75) is 52.9 Å². The lowest BCUT2D eigenvalue weighted by Crippen LogP contribution is -1.90. The van der Waals surface area contributed by atoms with Crippen molar-refractivity contribution in [3.8, 4) is 0 Å². The van der Waals surface area contributed by atoms with Gasteiger partial charge in [0, 0.05) is 0 Å². The zero-order chi connectivity index (χ0) is 9.40. The molecule has 0 aromatic heterocycles. The highest BCUT2D eigenvalue weighted by molar-refractivity contribution is 4.90. The molecule has 1 unspecified atom stereocenters. The average molecular weight is 172 g/mol.